The summed E-state index contributed by atoms with van der Waals surface area (Å²) < 4.78 is 0. The first-order valence-electron chi connectivity index (χ1n) is 10.8. The summed E-state index contributed by atoms with van der Waals surface area (Å²) in [4.78, 5) is 49.9. The molecule has 2 aromatic carbocycles. The molecular formula is C24H26N4O4. The van der Waals surface area contributed by atoms with Crippen LogP contribution in [0.25, 0.3) is 0 Å². The predicted octanol–water partition coefficient (Wildman–Crippen LogP) is 2.21. The molecule has 166 valence electrons. The average Bonchev–Trinajstić information content (AvgIpc) is 3.57. The van der Waals surface area contributed by atoms with Crippen molar-refractivity contribution in [1.82, 2.24) is 10.6 Å². The van der Waals surface area contributed by atoms with Crippen molar-refractivity contribution in [2.45, 2.75) is 32.2 Å². The second-order valence-electron chi connectivity index (χ2n) is 8.12. The Bertz CT molecular complexity index is 1030. The minimum atomic E-state index is -0.357. The smallest absolute Gasteiger partial charge is 0.251 e. The molecule has 0 aromatic heterocycles. The number of hydrogen-bond acceptors (Lipinski definition) is 4. The molecule has 2 aromatic rings. The van der Waals surface area contributed by atoms with Gasteiger partial charge in [-0.2, -0.15) is 0 Å². The maximum absolute atomic E-state index is 12.3. The topological polar surface area (TPSA) is 108 Å². The zero-order chi connectivity index (χ0) is 22.5. The van der Waals surface area contributed by atoms with Gasteiger partial charge in [0.1, 0.15) is 0 Å². The van der Waals surface area contributed by atoms with Crippen molar-refractivity contribution in [2.75, 3.05) is 23.3 Å². The summed E-state index contributed by atoms with van der Waals surface area (Å²) in [5, 5.41) is 8.25. The van der Waals surface area contributed by atoms with E-state index in [1.807, 2.05) is 24.3 Å². The van der Waals surface area contributed by atoms with Gasteiger partial charge in [-0.05, 0) is 61.2 Å². The number of benzene rings is 2. The van der Waals surface area contributed by atoms with E-state index in [0.29, 0.717) is 30.8 Å². The summed E-state index contributed by atoms with van der Waals surface area (Å²) >= 11 is 0. The fraction of sp³-hybridized carbons (Fsp3) is 0.333. The van der Waals surface area contributed by atoms with Crippen molar-refractivity contribution in [3.8, 4) is 0 Å². The van der Waals surface area contributed by atoms with Gasteiger partial charge >= 0.3 is 0 Å². The van der Waals surface area contributed by atoms with Crippen LogP contribution in [0.5, 0.6) is 0 Å². The number of rotatable bonds is 8. The number of hydrogen-bond donors (Lipinski definition) is 3. The first-order chi connectivity index (χ1) is 15.5. The third-order valence-corrected chi connectivity index (χ3v) is 5.56. The second-order valence-corrected chi connectivity index (χ2v) is 8.12. The van der Waals surface area contributed by atoms with E-state index in [4.69, 9.17) is 0 Å². The number of nitrogens with zero attached hydrogens (tertiary/aromatic N) is 1. The van der Waals surface area contributed by atoms with Gasteiger partial charge in [0, 0.05) is 42.4 Å². The summed E-state index contributed by atoms with van der Waals surface area (Å²) in [6.07, 6.45) is 3.28. The highest BCUT2D eigenvalue weighted by Gasteiger charge is 2.29. The molecule has 0 bridgehead atoms. The molecule has 2 aliphatic rings. The maximum atomic E-state index is 12.3. The van der Waals surface area contributed by atoms with Gasteiger partial charge in [0.15, 0.2) is 0 Å². The molecule has 0 radical (unpaired) electrons. The molecule has 4 rings (SSSR count). The van der Waals surface area contributed by atoms with Gasteiger partial charge in [-0.25, -0.2) is 0 Å². The van der Waals surface area contributed by atoms with Gasteiger partial charge in [-0.3, -0.25) is 19.2 Å². The molecule has 1 saturated heterocycles. The van der Waals surface area contributed by atoms with Crippen LogP contribution in [0.4, 0.5) is 11.4 Å². The van der Waals surface area contributed by atoms with E-state index < -0.39 is 0 Å². The van der Waals surface area contributed by atoms with Crippen LogP contribution in [0.3, 0.4) is 0 Å². The van der Waals surface area contributed by atoms with Crippen molar-refractivity contribution in [1.29, 1.82) is 0 Å². The number of nitrogens with one attached hydrogen (secondary N) is 3. The van der Waals surface area contributed by atoms with E-state index in [-0.39, 0.29) is 36.1 Å². The van der Waals surface area contributed by atoms with Crippen LogP contribution in [0.15, 0.2) is 48.5 Å². The first-order valence-corrected chi connectivity index (χ1v) is 10.8. The molecule has 32 heavy (non-hydrogen) atoms. The molecule has 4 amide bonds. The SMILES string of the molecule is O=C(CNC(=O)c1ccc(N2CCCC2=O)cc1)NCc1cccc(NC(=O)C2CC2)c1. The molecule has 8 heteroatoms. The van der Waals surface area contributed by atoms with Crippen LogP contribution in [0, 0.1) is 5.92 Å². The summed E-state index contributed by atoms with van der Waals surface area (Å²) in [7, 11) is 0. The van der Waals surface area contributed by atoms with Gasteiger partial charge < -0.3 is 20.9 Å². The van der Waals surface area contributed by atoms with Gasteiger partial charge in [-0.1, -0.05) is 12.1 Å². The highest BCUT2D eigenvalue weighted by molar-refractivity contribution is 5.98. The Balaban J connectivity index is 1.22. The minimum absolute atomic E-state index is 0.0361. The Hall–Kier alpha value is -3.68. The normalized spacial score (nSPS) is 15.4. The molecule has 1 aliphatic carbocycles. The average molecular weight is 434 g/mol. The molecule has 0 spiro atoms. The third-order valence-electron chi connectivity index (χ3n) is 5.56. The Morgan fingerprint density at radius 1 is 1.00 bits per heavy atom. The minimum Gasteiger partial charge on any atom is -0.350 e. The fourth-order valence-electron chi connectivity index (χ4n) is 3.59. The Kier molecular flexibility index (Phi) is 6.49. The Morgan fingerprint density at radius 3 is 2.47 bits per heavy atom. The summed E-state index contributed by atoms with van der Waals surface area (Å²) in [6, 6.07) is 14.1. The van der Waals surface area contributed by atoms with Crippen LogP contribution in [0.1, 0.15) is 41.6 Å². The van der Waals surface area contributed by atoms with Crippen LogP contribution in [-0.4, -0.2) is 36.7 Å². The van der Waals surface area contributed by atoms with Crippen LogP contribution < -0.4 is 20.9 Å². The van der Waals surface area contributed by atoms with Crippen molar-refractivity contribution in [2.24, 2.45) is 5.92 Å². The molecule has 8 nitrogen and oxygen atoms in total. The van der Waals surface area contributed by atoms with E-state index in [2.05, 4.69) is 16.0 Å². The summed E-state index contributed by atoms with van der Waals surface area (Å²) in [6.45, 7) is 0.837. The lowest BCUT2D eigenvalue weighted by molar-refractivity contribution is -0.120. The summed E-state index contributed by atoms with van der Waals surface area (Å²) in [5.74, 6) is -0.418. The first kappa shape index (κ1) is 21.5. The lowest BCUT2D eigenvalue weighted by Gasteiger charge is -2.15. The largest absolute Gasteiger partial charge is 0.350 e. The number of amides is 4. The molecule has 3 N–H and O–H groups in total. The van der Waals surface area contributed by atoms with Gasteiger partial charge in [0.2, 0.25) is 17.7 Å². The van der Waals surface area contributed by atoms with E-state index in [1.54, 1.807) is 29.2 Å². The highest BCUT2D eigenvalue weighted by Crippen LogP contribution is 2.30. The molecule has 1 heterocycles. The quantitative estimate of drug-likeness (QED) is 0.592. The highest BCUT2D eigenvalue weighted by atomic mass is 16.2. The lowest BCUT2D eigenvalue weighted by Crippen LogP contribution is -2.36. The van der Waals surface area contributed by atoms with Gasteiger partial charge in [-0.15, -0.1) is 0 Å². The summed E-state index contributed by atoms with van der Waals surface area (Å²) in [5.41, 5.74) is 2.76. The van der Waals surface area contributed by atoms with Crippen LogP contribution in [0.2, 0.25) is 0 Å². The number of carbonyl (C=O) groups is 4. The van der Waals surface area contributed by atoms with Crippen molar-refractivity contribution in [3.05, 3.63) is 59.7 Å². The molecule has 1 saturated carbocycles. The lowest BCUT2D eigenvalue weighted by atomic mass is 10.2. The van der Waals surface area contributed by atoms with Crippen LogP contribution in [-0.2, 0) is 20.9 Å². The predicted molar refractivity (Wildman–Crippen MR) is 120 cm³/mol. The number of carbonyl (C=O) groups excluding carboxylic acids is 4. The van der Waals surface area contributed by atoms with E-state index >= 15 is 0 Å². The molecule has 0 unspecified atom stereocenters. The standard InChI is InChI=1S/C24H26N4O4/c29-21(25-14-16-3-1-4-19(13-16)27-24(32)18-6-7-18)15-26-23(31)17-8-10-20(11-9-17)28-12-2-5-22(28)30/h1,3-4,8-11,13,18H,2,5-7,12,14-15H2,(H,25,29)(H,26,31)(H,27,32). The molecule has 2 fully saturated rings. The van der Waals surface area contributed by atoms with Crippen molar-refractivity contribution < 1.29 is 19.2 Å². The van der Waals surface area contributed by atoms with E-state index in [9.17, 15) is 19.2 Å². The zero-order valence-corrected chi connectivity index (χ0v) is 17.7. The third kappa shape index (κ3) is 5.51. The second kappa shape index (κ2) is 9.64. The fourth-order valence-corrected chi connectivity index (χ4v) is 3.59. The van der Waals surface area contributed by atoms with E-state index in [1.165, 1.54) is 0 Å². The van der Waals surface area contributed by atoms with Crippen molar-refractivity contribution >= 4 is 35.0 Å². The monoisotopic (exact) mass is 434 g/mol. The molecule has 1 aliphatic heterocycles. The van der Waals surface area contributed by atoms with Gasteiger partial charge in [0.25, 0.3) is 5.91 Å². The molecule has 0 atom stereocenters. The van der Waals surface area contributed by atoms with E-state index in [0.717, 1.165) is 30.5 Å². The maximum Gasteiger partial charge on any atom is 0.251 e. The van der Waals surface area contributed by atoms with Crippen LogP contribution >= 0.6 is 0 Å². The van der Waals surface area contributed by atoms with Crippen molar-refractivity contribution in [3.63, 3.8) is 0 Å². The molecular weight excluding hydrogens is 408 g/mol. The van der Waals surface area contributed by atoms with Gasteiger partial charge in [0.05, 0.1) is 6.54 Å². The Morgan fingerprint density at radius 2 is 1.78 bits per heavy atom. The zero-order valence-electron chi connectivity index (χ0n) is 17.7. The Labute approximate surface area is 186 Å². The number of anilines is 2.